The fraction of sp³-hybridized carbons (Fsp3) is 0.870. The molecule has 0 spiro atoms. The molecule has 4 aliphatic rings. The first kappa shape index (κ1) is 17.6. The van der Waals surface area contributed by atoms with E-state index in [0.717, 1.165) is 31.1 Å². The number of carbonyl (C=O) groups is 1. The lowest BCUT2D eigenvalue weighted by atomic mass is 9.44. The van der Waals surface area contributed by atoms with E-state index in [2.05, 4.69) is 19.8 Å². The Morgan fingerprint density at radius 1 is 1.08 bits per heavy atom. The summed E-state index contributed by atoms with van der Waals surface area (Å²) in [6.07, 6.45) is 14.7. The van der Waals surface area contributed by atoms with Crippen LogP contribution >= 0.6 is 0 Å². The van der Waals surface area contributed by atoms with E-state index in [1.807, 2.05) is 6.92 Å². The Hall–Kier alpha value is -0.810. The van der Waals surface area contributed by atoms with Crippen molar-refractivity contribution in [3.63, 3.8) is 0 Å². The number of hydrogen-bond acceptors (Lipinski definition) is 2. The molecule has 0 amide bonds. The van der Waals surface area contributed by atoms with Crippen LogP contribution in [0.25, 0.3) is 0 Å². The van der Waals surface area contributed by atoms with E-state index in [0.29, 0.717) is 17.6 Å². The van der Waals surface area contributed by atoms with Crippen LogP contribution in [0, 0.1) is 58.7 Å². The Labute approximate surface area is 153 Å². The van der Waals surface area contributed by atoms with Crippen LogP contribution in [0.4, 0.5) is 0 Å². The summed E-state index contributed by atoms with van der Waals surface area (Å²) in [4.78, 5) is 12.2. The molecule has 0 heterocycles. The van der Waals surface area contributed by atoms with Gasteiger partial charge in [0.15, 0.2) is 0 Å². The van der Waals surface area contributed by atoms with Crippen molar-refractivity contribution >= 4 is 5.78 Å². The zero-order valence-corrected chi connectivity index (χ0v) is 16.1. The first-order chi connectivity index (χ1) is 11.8. The monoisotopic (exact) mass is 342 g/mol. The molecular formula is C23H34O2. The lowest BCUT2D eigenvalue weighted by Crippen LogP contribution is -2.55. The van der Waals surface area contributed by atoms with Crippen LogP contribution < -0.4 is 0 Å². The van der Waals surface area contributed by atoms with Gasteiger partial charge in [-0.15, -0.1) is 12.3 Å². The Bertz CT molecular complexity index is 604. The summed E-state index contributed by atoms with van der Waals surface area (Å²) in [7, 11) is 0. The van der Waals surface area contributed by atoms with Crippen molar-refractivity contribution in [2.45, 2.75) is 78.2 Å². The minimum absolute atomic E-state index is 0.0295. The van der Waals surface area contributed by atoms with Crippen LogP contribution in [-0.4, -0.2) is 17.0 Å². The minimum Gasteiger partial charge on any atom is -0.392 e. The van der Waals surface area contributed by atoms with Crippen molar-refractivity contribution in [1.82, 2.24) is 0 Å². The summed E-state index contributed by atoms with van der Waals surface area (Å²) in [5.74, 6) is 6.46. The van der Waals surface area contributed by atoms with Crippen LogP contribution in [0.2, 0.25) is 0 Å². The van der Waals surface area contributed by atoms with E-state index in [1.165, 1.54) is 32.1 Å². The number of fused-ring (bicyclic) bond motifs is 5. The highest BCUT2D eigenvalue weighted by molar-refractivity contribution is 5.79. The highest BCUT2D eigenvalue weighted by atomic mass is 16.3. The molecule has 0 aromatic carbocycles. The fourth-order valence-corrected chi connectivity index (χ4v) is 8.14. The minimum atomic E-state index is -0.304. The smallest absolute Gasteiger partial charge is 0.133 e. The first-order valence-electron chi connectivity index (χ1n) is 10.5. The largest absolute Gasteiger partial charge is 0.392 e. The molecule has 0 saturated heterocycles. The number of aliphatic hydroxyl groups is 1. The van der Waals surface area contributed by atoms with Crippen LogP contribution in [0.5, 0.6) is 0 Å². The number of hydrogen-bond donors (Lipinski definition) is 1. The number of Topliss-reactive ketones (excluding diaryl/α,β-unsaturated/α-hetero) is 1. The summed E-state index contributed by atoms with van der Waals surface area (Å²) in [5.41, 5.74) is 0.519. The molecular weight excluding hydrogens is 308 g/mol. The number of aliphatic hydroxyl groups excluding tert-OH is 1. The normalized spacial score (nSPS) is 54.8. The zero-order valence-electron chi connectivity index (χ0n) is 16.1. The Kier molecular flexibility index (Phi) is 4.12. The van der Waals surface area contributed by atoms with Crippen molar-refractivity contribution in [1.29, 1.82) is 0 Å². The molecule has 4 saturated carbocycles. The van der Waals surface area contributed by atoms with Gasteiger partial charge in [-0.1, -0.05) is 13.8 Å². The van der Waals surface area contributed by atoms with Gasteiger partial charge in [-0.05, 0) is 92.8 Å². The van der Waals surface area contributed by atoms with Gasteiger partial charge in [0.1, 0.15) is 5.78 Å². The van der Waals surface area contributed by atoms with Gasteiger partial charge < -0.3 is 5.11 Å². The second-order valence-corrected chi connectivity index (χ2v) is 10.2. The number of carbonyl (C=O) groups excluding carboxylic acids is 1. The molecule has 9 atom stereocenters. The lowest BCUT2D eigenvalue weighted by molar-refractivity contribution is -0.143. The summed E-state index contributed by atoms with van der Waals surface area (Å²) >= 11 is 0. The summed E-state index contributed by atoms with van der Waals surface area (Å²) < 4.78 is 0. The molecule has 4 rings (SSSR count). The van der Waals surface area contributed by atoms with Gasteiger partial charge >= 0.3 is 0 Å². The molecule has 1 N–H and O–H groups in total. The van der Waals surface area contributed by atoms with E-state index < -0.39 is 0 Å². The maximum absolute atomic E-state index is 12.2. The van der Waals surface area contributed by atoms with Gasteiger partial charge in [0, 0.05) is 11.8 Å². The Morgan fingerprint density at radius 3 is 2.48 bits per heavy atom. The van der Waals surface area contributed by atoms with Gasteiger partial charge in [0.25, 0.3) is 0 Å². The molecule has 0 bridgehead atoms. The number of rotatable bonds is 1. The molecule has 4 aliphatic carbocycles. The maximum atomic E-state index is 12.2. The zero-order chi connectivity index (χ0) is 18.0. The van der Waals surface area contributed by atoms with E-state index in [-0.39, 0.29) is 28.8 Å². The van der Waals surface area contributed by atoms with Crippen molar-refractivity contribution in [3.8, 4) is 12.3 Å². The Balaban J connectivity index is 1.63. The van der Waals surface area contributed by atoms with Crippen molar-refractivity contribution in [3.05, 3.63) is 0 Å². The van der Waals surface area contributed by atoms with Gasteiger partial charge in [0.2, 0.25) is 0 Å². The molecule has 4 fully saturated rings. The second-order valence-electron chi connectivity index (χ2n) is 10.2. The van der Waals surface area contributed by atoms with Gasteiger partial charge in [-0.2, -0.15) is 0 Å². The lowest BCUT2D eigenvalue weighted by Gasteiger charge is -2.61. The van der Waals surface area contributed by atoms with Gasteiger partial charge in [0.05, 0.1) is 6.10 Å². The molecule has 0 aliphatic heterocycles. The van der Waals surface area contributed by atoms with Gasteiger partial charge in [-0.25, -0.2) is 0 Å². The average molecular weight is 343 g/mol. The number of ketones is 1. The summed E-state index contributed by atoms with van der Waals surface area (Å²) in [5, 5.41) is 10.4. The molecule has 0 aromatic rings. The van der Waals surface area contributed by atoms with Crippen molar-refractivity contribution < 1.29 is 9.90 Å². The Morgan fingerprint density at radius 2 is 1.80 bits per heavy atom. The molecule has 25 heavy (non-hydrogen) atoms. The highest BCUT2D eigenvalue weighted by Gasteiger charge is 2.61. The van der Waals surface area contributed by atoms with Crippen LogP contribution in [0.3, 0.4) is 0 Å². The van der Waals surface area contributed by atoms with Crippen LogP contribution in [0.1, 0.15) is 72.1 Å². The first-order valence-corrected chi connectivity index (χ1v) is 10.5. The van der Waals surface area contributed by atoms with Crippen molar-refractivity contribution in [2.24, 2.45) is 46.3 Å². The molecule has 4 unspecified atom stereocenters. The third-order valence-corrected chi connectivity index (χ3v) is 9.42. The number of terminal acetylenes is 1. The molecule has 138 valence electrons. The molecule has 0 aromatic heterocycles. The van der Waals surface area contributed by atoms with E-state index in [4.69, 9.17) is 6.42 Å². The summed E-state index contributed by atoms with van der Waals surface area (Å²) in [6.45, 7) is 6.70. The summed E-state index contributed by atoms with van der Waals surface area (Å²) in [6, 6.07) is 0. The van der Waals surface area contributed by atoms with Crippen molar-refractivity contribution in [2.75, 3.05) is 0 Å². The van der Waals surface area contributed by atoms with E-state index in [9.17, 15) is 9.90 Å². The fourth-order valence-electron chi connectivity index (χ4n) is 8.14. The van der Waals surface area contributed by atoms with E-state index in [1.54, 1.807) is 0 Å². The standard InChI is InChI=1S/C23H34O2/c1-5-15-13-23(4)16(12-21(15)25)6-7-17-19-9-8-18(14(2)24)22(19,3)11-10-20(17)23/h1,15-21,25H,6-13H2,2-4H3/t15-,16-,17?,18?,19?,20?,21-,22+,23-/m0/s1. The third kappa shape index (κ3) is 2.38. The van der Waals surface area contributed by atoms with E-state index >= 15 is 0 Å². The third-order valence-electron chi connectivity index (χ3n) is 9.42. The predicted molar refractivity (Wildman–Crippen MR) is 99.6 cm³/mol. The molecule has 0 radical (unpaired) electrons. The predicted octanol–water partition coefficient (Wildman–Crippen LogP) is 4.45. The second kappa shape index (κ2) is 5.85. The van der Waals surface area contributed by atoms with Crippen LogP contribution in [-0.2, 0) is 4.79 Å². The average Bonchev–Trinajstić information content (AvgIpc) is 2.92. The molecule has 2 heteroatoms. The highest BCUT2D eigenvalue weighted by Crippen LogP contribution is 2.67. The van der Waals surface area contributed by atoms with Gasteiger partial charge in [-0.3, -0.25) is 4.79 Å². The maximum Gasteiger partial charge on any atom is 0.133 e. The topological polar surface area (TPSA) is 37.3 Å². The van der Waals surface area contributed by atoms with Crippen LogP contribution in [0.15, 0.2) is 0 Å². The quantitative estimate of drug-likeness (QED) is 0.715. The SMILES string of the molecule is C#C[C@H]1C[C@]2(C)C3CC[C@]4(C)C(C(C)=O)CCC4C3CC[C@H]2C[C@@H]1O. The molecule has 2 nitrogen and oxygen atoms in total.